The molecule has 0 unspecified atom stereocenters. The number of ether oxygens (including phenoxy) is 1. The van der Waals surface area contributed by atoms with E-state index < -0.39 is 0 Å². The fraction of sp³-hybridized carbons (Fsp3) is 0.667. The Morgan fingerprint density at radius 2 is 2.05 bits per heavy atom. The molecule has 1 N–H and O–H groups in total. The van der Waals surface area contributed by atoms with Crippen LogP contribution in [0.2, 0.25) is 0 Å². The molecular weight excluding hydrogens is 238 g/mol. The summed E-state index contributed by atoms with van der Waals surface area (Å²) < 4.78 is 5.40. The summed E-state index contributed by atoms with van der Waals surface area (Å²) >= 11 is 0. The molecule has 0 saturated carbocycles. The molecule has 0 aromatic carbocycles. The number of hydrogen-bond acceptors (Lipinski definition) is 4. The van der Waals surface area contributed by atoms with Gasteiger partial charge in [0.2, 0.25) is 0 Å². The molecule has 1 aliphatic rings. The standard InChI is InChI=1S/C15H25N3O/c1-15(2,3)12-16-11-13-5-4-6-17-14(13)18-7-9-19-10-8-18/h4-6,16H,7-12H2,1-3H3. The molecule has 1 aromatic heterocycles. The molecule has 106 valence electrons. The Labute approximate surface area is 116 Å². The normalized spacial score (nSPS) is 16.7. The Morgan fingerprint density at radius 3 is 2.74 bits per heavy atom. The summed E-state index contributed by atoms with van der Waals surface area (Å²) in [4.78, 5) is 6.86. The summed E-state index contributed by atoms with van der Waals surface area (Å²) in [5.74, 6) is 1.10. The SMILES string of the molecule is CC(C)(C)CNCc1cccnc1N1CCOCC1. The number of rotatable bonds is 4. The maximum Gasteiger partial charge on any atom is 0.133 e. The van der Waals surface area contributed by atoms with E-state index in [0.717, 1.165) is 45.2 Å². The molecule has 4 heteroatoms. The highest BCUT2D eigenvalue weighted by atomic mass is 16.5. The van der Waals surface area contributed by atoms with Crippen LogP contribution in [0.5, 0.6) is 0 Å². The van der Waals surface area contributed by atoms with Gasteiger partial charge in [0, 0.05) is 37.9 Å². The first-order valence-corrected chi connectivity index (χ1v) is 7.03. The van der Waals surface area contributed by atoms with Gasteiger partial charge in [0.25, 0.3) is 0 Å². The minimum Gasteiger partial charge on any atom is -0.378 e. The summed E-state index contributed by atoms with van der Waals surface area (Å²) in [7, 11) is 0. The fourth-order valence-corrected chi connectivity index (χ4v) is 2.20. The highest BCUT2D eigenvalue weighted by Gasteiger charge is 2.16. The quantitative estimate of drug-likeness (QED) is 0.902. The van der Waals surface area contributed by atoms with Gasteiger partial charge >= 0.3 is 0 Å². The van der Waals surface area contributed by atoms with Crippen molar-refractivity contribution in [1.29, 1.82) is 0 Å². The minimum absolute atomic E-state index is 0.307. The largest absolute Gasteiger partial charge is 0.378 e. The number of pyridine rings is 1. The molecule has 1 aliphatic heterocycles. The topological polar surface area (TPSA) is 37.4 Å². The van der Waals surface area contributed by atoms with Crippen molar-refractivity contribution in [2.45, 2.75) is 27.3 Å². The van der Waals surface area contributed by atoms with Crippen molar-refractivity contribution in [3.8, 4) is 0 Å². The van der Waals surface area contributed by atoms with E-state index in [1.807, 2.05) is 12.3 Å². The molecule has 0 bridgehead atoms. The van der Waals surface area contributed by atoms with E-state index in [4.69, 9.17) is 4.74 Å². The van der Waals surface area contributed by atoms with Gasteiger partial charge in [-0.3, -0.25) is 0 Å². The van der Waals surface area contributed by atoms with E-state index in [9.17, 15) is 0 Å². The average molecular weight is 263 g/mol. The van der Waals surface area contributed by atoms with Gasteiger partial charge in [0.15, 0.2) is 0 Å². The molecule has 2 rings (SSSR count). The van der Waals surface area contributed by atoms with Crippen LogP contribution < -0.4 is 10.2 Å². The lowest BCUT2D eigenvalue weighted by atomic mass is 9.97. The Morgan fingerprint density at radius 1 is 1.32 bits per heavy atom. The Bertz CT molecular complexity index is 395. The van der Waals surface area contributed by atoms with Gasteiger partial charge in [0.1, 0.15) is 5.82 Å². The number of morpholine rings is 1. The smallest absolute Gasteiger partial charge is 0.133 e. The van der Waals surface area contributed by atoms with Gasteiger partial charge < -0.3 is 15.0 Å². The van der Waals surface area contributed by atoms with E-state index in [1.54, 1.807) is 0 Å². The van der Waals surface area contributed by atoms with E-state index in [-0.39, 0.29) is 0 Å². The van der Waals surface area contributed by atoms with Gasteiger partial charge in [-0.15, -0.1) is 0 Å². The number of nitrogens with one attached hydrogen (secondary N) is 1. The Kier molecular flexibility index (Phi) is 4.77. The molecule has 0 radical (unpaired) electrons. The van der Waals surface area contributed by atoms with Crippen molar-refractivity contribution < 1.29 is 4.74 Å². The van der Waals surface area contributed by atoms with Gasteiger partial charge in [-0.25, -0.2) is 4.98 Å². The van der Waals surface area contributed by atoms with Crippen molar-refractivity contribution in [3.05, 3.63) is 23.9 Å². The number of anilines is 1. The molecule has 4 nitrogen and oxygen atoms in total. The third kappa shape index (κ3) is 4.48. The Hall–Kier alpha value is -1.13. The van der Waals surface area contributed by atoms with Crippen LogP contribution in [0.15, 0.2) is 18.3 Å². The monoisotopic (exact) mass is 263 g/mol. The summed E-state index contributed by atoms with van der Waals surface area (Å²) in [5.41, 5.74) is 1.58. The first-order valence-electron chi connectivity index (χ1n) is 7.03. The summed E-state index contributed by atoms with van der Waals surface area (Å²) in [6, 6.07) is 4.17. The van der Waals surface area contributed by atoms with Crippen LogP contribution >= 0.6 is 0 Å². The number of nitrogens with zero attached hydrogens (tertiary/aromatic N) is 2. The van der Waals surface area contributed by atoms with Crippen molar-refractivity contribution in [1.82, 2.24) is 10.3 Å². The van der Waals surface area contributed by atoms with Crippen molar-refractivity contribution in [2.75, 3.05) is 37.7 Å². The van der Waals surface area contributed by atoms with Crippen LogP contribution in [0.25, 0.3) is 0 Å². The number of aromatic nitrogens is 1. The van der Waals surface area contributed by atoms with E-state index >= 15 is 0 Å². The lowest BCUT2D eigenvalue weighted by molar-refractivity contribution is 0.122. The van der Waals surface area contributed by atoms with E-state index in [1.165, 1.54) is 5.56 Å². The molecule has 1 aromatic rings. The predicted molar refractivity (Wildman–Crippen MR) is 78.4 cm³/mol. The van der Waals surface area contributed by atoms with Crippen LogP contribution in [-0.2, 0) is 11.3 Å². The second-order valence-electron chi connectivity index (χ2n) is 6.25. The van der Waals surface area contributed by atoms with Crippen molar-refractivity contribution in [2.24, 2.45) is 5.41 Å². The van der Waals surface area contributed by atoms with Crippen LogP contribution in [0.4, 0.5) is 5.82 Å². The maximum absolute atomic E-state index is 5.40. The molecule has 0 aliphatic carbocycles. The average Bonchev–Trinajstić information content (AvgIpc) is 2.39. The Balaban J connectivity index is 1.99. The van der Waals surface area contributed by atoms with Crippen LogP contribution in [0.3, 0.4) is 0 Å². The van der Waals surface area contributed by atoms with Gasteiger partial charge in [-0.1, -0.05) is 26.8 Å². The number of hydrogen-bond donors (Lipinski definition) is 1. The van der Waals surface area contributed by atoms with E-state index in [2.05, 4.69) is 42.0 Å². The lowest BCUT2D eigenvalue weighted by Crippen LogP contribution is -2.38. The third-order valence-electron chi connectivity index (χ3n) is 3.15. The first-order chi connectivity index (χ1) is 9.06. The zero-order valence-electron chi connectivity index (χ0n) is 12.3. The van der Waals surface area contributed by atoms with Crippen molar-refractivity contribution in [3.63, 3.8) is 0 Å². The second-order valence-corrected chi connectivity index (χ2v) is 6.25. The maximum atomic E-state index is 5.40. The molecule has 0 atom stereocenters. The first kappa shape index (κ1) is 14.3. The molecule has 0 amide bonds. The predicted octanol–water partition coefficient (Wildman–Crippen LogP) is 2.05. The van der Waals surface area contributed by atoms with Crippen molar-refractivity contribution >= 4 is 5.82 Å². The van der Waals surface area contributed by atoms with Gasteiger partial charge in [-0.05, 0) is 11.5 Å². The minimum atomic E-state index is 0.307. The lowest BCUT2D eigenvalue weighted by Gasteiger charge is -2.29. The summed E-state index contributed by atoms with van der Waals surface area (Å²) in [5, 5.41) is 3.52. The molecule has 1 saturated heterocycles. The molecule has 1 fully saturated rings. The van der Waals surface area contributed by atoms with Crippen LogP contribution in [0.1, 0.15) is 26.3 Å². The highest BCUT2D eigenvalue weighted by molar-refractivity contribution is 5.46. The van der Waals surface area contributed by atoms with E-state index in [0.29, 0.717) is 5.41 Å². The second kappa shape index (κ2) is 6.35. The van der Waals surface area contributed by atoms with Gasteiger partial charge in [-0.2, -0.15) is 0 Å². The zero-order valence-corrected chi connectivity index (χ0v) is 12.3. The third-order valence-corrected chi connectivity index (χ3v) is 3.15. The molecule has 19 heavy (non-hydrogen) atoms. The molecular formula is C15H25N3O. The van der Waals surface area contributed by atoms with Gasteiger partial charge in [0.05, 0.1) is 13.2 Å². The van der Waals surface area contributed by atoms with Crippen LogP contribution in [0, 0.1) is 5.41 Å². The highest BCUT2D eigenvalue weighted by Crippen LogP contribution is 2.19. The summed E-state index contributed by atoms with van der Waals surface area (Å²) in [6.07, 6.45) is 1.87. The zero-order chi connectivity index (χ0) is 13.7. The molecule has 0 spiro atoms. The van der Waals surface area contributed by atoms with Crippen LogP contribution in [-0.4, -0.2) is 37.8 Å². The summed E-state index contributed by atoms with van der Waals surface area (Å²) in [6.45, 7) is 12.1. The fourth-order valence-electron chi connectivity index (χ4n) is 2.20. The molecule has 2 heterocycles.